The van der Waals surface area contributed by atoms with Crippen LogP contribution in [0.5, 0.6) is 0 Å². The molecule has 0 atom stereocenters. The minimum atomic E-state index is 0. The number of aliphatic imine (C=N–C) groups is 1. The maximum atomic E-state index is 4.42. The van der Waals surface area contributed by atoms with Crippen LogP contribution in [0, 0.1) is 0 Å². The number of hydrogen-bond acceptors (Lipinski definition) is 5. The van der Waals surface area contributed by atoms with Gasteiger partial charge in [0, 0.05) is 57.4 Å². The van der Waals surface area contributed by atoms with E-state index in [4.69, 9.17) is 0 Å². The number of rotatable bonds is 7. The Labute approximate surface area is 167 Å². The molecule has 0 radical (unpaired) electrons. The van der Waals surface area contributed by atoms with Crippen LogP contribution in [0.15, 0.2) is 11.2 Å². The first-order valence-corrected chi connectivity index (χ1v) is 9.39. The summed E-state index contributed by atoms with van der Waals surface area (Å²) in [6.45, 7) is 13.0. The molecular weight excluding hydrogens is 435 g/mol. The van der Waals surface area contributed by atoms with Crippen molar-refractivity contribution in [3.05, 3.63) is 16.1 Å². The number of halogens is 1. The van der Waals surface area contributed by atoms with Crippen LogP contribution in [-0.2, 0) is 13.0 Å². The normalized spacial score (nSPS) is 16.7. The van der Waals surface area contributed by atoms with Gasteiger partial charge in [-0.15, -0.1) is 35.3 Å². The first-order chi connectivity index (χ1) is 11.2. The van der Waals surface area contributed by atoms with Gasteiger partial charge in [-0.25, -0.2) is 4.98 Å². The molecule has 1 saturated heterocycles. The van der Waals surface area contributed by atoms with E-state index in [0.29, 0.717) is 0 Å². The van der Waals surface area contributed by atoms with Gasteiger partial charge in [0.15, 0.2) is 5.96 Å². The van der Waals surface area contributed by atoms with Gasteiger partial charge in [-0.2, -0.15) is 0 Å². The number of piperazine rings is 1. The standard InChI is InChI=1S/C16H30N6S.HI/c1-4-14-12-19-15(23-14)13-20-16(17-3)18-6-7-22-10-8-21(5-2)9-11-22;/h12H,4-11,13H2,1-3H3,(H2,17,18,20);1H. The van der Waals surface area contributed by atoms with Gasteiger partial charge in [-0.3, -0.25) is 9.89 Å². The van der Waals surface area contributed by atoms with Gasteiger partial charge in [0.2, 0.25) is 0 Å². The lowest BCUT2D eigenvalue weighted by Gasteiger charge is -2.34. The van der Waals surface area contributed by atoms with Crippen molar-refractivity contribution in [3.63, 3.8) is 0 Å². The van der Waals surface area contributed by atoms with Crippen LogP contribution < -0.4 is 10.6 Å². The summed E-state index contributed by atoms with van der Waals surface area (Å²) in [7, 11) is 1.81. The van der Waals surface area contributed by atoms with Crippen molar-refractivity contribution in [2.24, 2.45) is 4.99 Å². The molecule has 0 spiro atoms. The molecule has 24 heavy (non-hydrogen) atoms. The van der Waals surface area contributed by atoms with Crippen molar-refractivity contribution in [1.82, 2.24) is 25.4 Å². The summed E-state index contributed by atoms with van der Waals surface area (Å²) < 4.78 is 0. The lowest BCUT2D eigenvalue weighted by atomic mass is 10.3. The summed E-state index contributed by atoms with van der Waals surface area (Å²) in [6.07, 6.45) is 3.02. The topological polar surface area (TPSA) is 55.8 Å². The van der Waals surface area contributed by atoms with E-state index in [9.17, 15) is 0 Å². The van der Waals surface area contributed by atoms with Crippen LogP contribution in [0.25, 0.3) is 0 Å². The van der Waals surface area contributed by atoms with Crippen LogP contribution in [0.4, 0.5) is 0 Å². The van der Waals surface area contributed by atoms with Crippen LogP contribution in [0.3, 0.4) is 0 Å². The molecule has 138 valence electrons. The number of nitrogens with one attached hydrogen (secondary N) is 2. The summed E-state index contributed by atoms with van der Waals surface area (Å²) in [5.74, 6) is 0.852. The van der Waals surface area contributed by atoms with Gasteiger partial charge < -0.3 is 15.5 Å². The number of guanidine groups is 1. The molecule has 1 fully saturated rings. The highest BCUT2D eigenvalue weighted by Gasteiger charge is 2.14. The molecule has 0 amide bonds. The van der Waals surface area contributed by atoms with Gasteiger partial charge in [-0.1, -0.05) is 13.8 Å². The maximum Gasteiger partial charge on any atom is 0.191 e. The van der Waals surface area contributed by atoms with Crippen molar-refractivity contribution in [2.45, 2.75) is 26.8 Å². The molecular formula is C16H31IN6S. The first-order valence-electron chi connectivity index (χ1n) is 8.58. The van der Waals surface area contributed by atoms with E-state index < -0.39 is 0 Å². The maximum absolute atomic E-state index is 4.42. The third-order valence-corrected chi connectivity index (χ3v) is 5.35. The van der Waals surface area contributed by atoms with E-state index >= 15 is 0 Å². The Bertz CT molecular complexity index is 485. The zero-order chi connectivity index (χ0) is 16.5. The average molecular weight is 466 g/mol. The van der Waals surface area contributed by atoms with Crippen LogP contribution >= 0.6 is 35.3 Å². The predicted molar refractivity (Wildman–Crippen MR) is 114 cm³/mol. The SMILES string of the molecule is CCc1cnc(CNC(=NC)NCCN2CCN(CC)CC2)s1.I. The predicted octanol–water partition coefficient (Wildman–Crippen LogP) is 1.63. The molecule has 6 nitrogen and oxygen atoms in total. The molecule has 1 aromatic heterocycles. The molecule has 0 aromatic carbocycles. The fourth-order valence-electron chi connectivity index (χ4n) is 2.63. The minimum Gasteiger partial charge on any atom is -0.355 e. The number of hydrogen-bond donors (Lipinski definition) is 2. The molecule has 1 aliphatic heterocycles. The summed E-state index contributed by atoms with van der Waals surface area (Å²) in [6, 6.07) is 0. The molecule has 0 bridgehead atoms. The highest BCUT2D eigenvalue weighted by Crippen LogP contribution is 2.12. The number of aromatic nitrogens is 1. The highest BCUT2D eigenvalue weighted by atomic mass is 127. The third kappa shape index (κ3) is 7.20. The number of nitrogens with zero attached hydrogens (tertiary/aromatic N) is 4. The molecule has 2 N–H and O–H groups in total. The lowest BCUT2D eigenvalue weighted by Crippen LogP contribution is -2.49. The second kappa shape index (κ2) is 12.0. The fraction of sp³-hybridized carbons (Fsp3) is 0.750. The Hall–Kier alpha value is -0.450. The summed E-state index contributed by atoms with van der Waals surface area (Å²) in [5.41, 5.74) is 0. The minimum absolute atomic E-state index is 0. The largest absolute Gasteiger partial charge is 0.355 e. The Morgan fingerprint density at radius 2 is 1.92 bits per heavy atom. The lowest BCUT2D eigenvalue weighted by molar-refractivity contribution is 0.139. The van der Waals surface area contributed by atoms with Gasteiger partial charge in [-0.05, 0) is 13.0 Å². The Kier molecular flexibility index (Phi) is 10.8. The van der Waals surface area contributed by atoms with E-state index in [1.54, 1.807) is 11.3 Å². The van der Waals surface area contributed by atoms with Gasteiger partial charge in [0.1, 0.15) is 5.01 Å². The molecule has 0 saturated carbocycles. The summed E-state index contributed by atoms with van der Waals surface area (Å²) in [4.78, 5) is 15.1. The van der Waals surface area contributed by atoms with Crippen molar-refractivity contribution in [1.29, 1.82) is 0 Å². The Morgan fingerprint density at radius 3 is 2.50 bits per heavy atom. The van der Waals surface area contributed by atoms with Crippen LogP contribution in [-0.4, -0.2) is 73.6 Å². The van der Waals surface area contributed by atoms with E-state index in [1.165, 1.54) is 37.6 Å². The van der Waals surface area contributed by atoms with Crippen molar-refractivity contribution in [3.8, 4) is 0 Å². The van der Waals surface area contributed by atoms with Crippen molar-refractivity contribution >= 4 is 41.3 Å². The zero-order valence-corrected chi connectivity index (χ0v) is 18.2. The van der Waals surface area contributed by atoms with Crippen molar-refractivity contribution in [2.75, 3.05) is 52.9 Å². The smallest absolute Gasteiger partial charge is 0.191 e. The molecule has 1 aromatic rings. The first kappa shape index (κ1) is 21.6. The van der Waals surface area contributed by atoms with Crippen molar-refractivity contribution < 1.29 is 0 Å². The molecule has 8 heteroatoms. The average Bonchev–Trinajstić information content (AvgIpc) is 3.06. The van der Waals surface area contributed by atoms with Gasteiger partial charge >= 0.3 is 0 Å². The van der Waals surface area contributed by atoms with E-state index in [1.807, 2.05) is 13.2 Å². The van der Waals surface area contributed by atoms with Gasteiger partial charge in [0.25, 0.3) is 0 Å². The number of aryl methyl sites for hydroxylation is 1. The van der Waals surface area contributed by atoms with Crippen LogP contribution in [0.1, 0.15) is 23.7 Å². The van der Waals surface area contributed by atoms with Gasteiger partial charge in [0.05, 0.1) is 6.54 Å². The Balaban J connectivity index is 0.00000288. The second-order valence-corrected chi connectivity index (χ2v) is 6.90. The second-order valence-electron chi connectivity index (χ2n) is 5.70. The summed E-state index contributed by atoms with van der Waals surface area (Å²) in [5, 5.41) is 7.84. The Morgan fingerprint density at radius 1 is 1.21 bits per heavy atom. The zero-order valence-electron chi connectivity index (χ0n) is 15.0. The number of likely N-dealkylation sites (N-methyl/N-ethyl adjacent to an activating group) is 1. The molecule has 2 rings (SSSR count). The molecule has 0 aliphatic carbocycles. The van der Waals surface area contributed by atoms with E-state index in [2.05, 4.69) is 44.3 Å². The highest BCUT2D eigenvalue weighted by molar-refractivity contribution is 14.0. The monoisotopic (exact) mass is 466 g/mol. The van der Waals surface area contributed by atoms with Crippen LogP contribution in [0.2, 0.25) is 0 Å². The van der Waals surface area contributed by atoms with E-state index in [-0.39, 0.29) is 24.0 Å². The molecule has 0 unspecified atom stereocenters. The molecule has 1 aliphatic rings. The number of thiazole rings is 1. The summed E-state index contributed by atoms with van der Waals surface area (Å²) >= 11 is 1.76. The fourth-order valence-corrected chi connectivity index (χ4v) is 3.44. The third-order valence-electron chi connectivity index (χ3n) is 4.21. The van der Waals surface area contributed by atoms with E-state index in [0.717, 1.165) is 37.0 Å². The quantitative estimate of drug-likeness (QED) is 0.364. The molecule has 2 heterocycles.